The van der Waals surface area contributed by atoms with Gasteiger partial charge in [-0.2, -0.15) is 0 Å². The SMILES string of the molecule is Cc1ccc(C(N)C(=O)NCc2cccc(CN(C)C)c2)cc1.Cl.Cl. The van der Waals surface area contributed by atoms with E-state index in [1.807, 2.05) is 57.4 Å². The molecule has 1 amide bonds. The molecule has 0 heterocycles. The summed E-state index contributed by atoms with van der Waals surface area (Å²) in [4.78, 5) is 14.3. The van der Waals surface area contributed by atoms with Crippen LogP contribution in [0.15, 0.2) is 48.5 Å². The minimum atomic E-state index is -0.638. The molecular formula is C19H27Cl2N3O. The first-order valence-electron chi connectivity index (χ1n) is 7.78. The van der Waals surface area contributed by atoms with Gasteiger partial charge in [-0.15, -0.1) is 24.8 Å². The van der Waals surface area contributed by atoms with Crippen LogP contribution in [0.5, 0.6) is 0 Å². The van der Waals surface area contributed by atoms with Gasteiger partial charge in [-0.3, -0.25) is 4.79 Å². The smallest absolute Gasteiger partial charge is 0.241 e. The number of hydrogen-bond donors (Lipinski definition) is 2. The molecule has 4 nitrogen and oxygen atoms in total. The summed E-state index contributed by atoms with van der Waals surface area (Å²) in [6.45, 7) is 3.38. The number of hydrogen-bond acceptors (Lipinski definition) is 3. The molecule has 0 fully saturated rings. The molecule has 0 aliphatic carbocycles. The third-order valence-corrected chi connectivity index (χ3v) is 3.68. The largest absolute Gasteiger partial charge is 0.350 e. The van der Waals surface area contributed by atoms with E-state index in [2.05, 4.69) is 22.3 Å². The van der Waals surface area contributed by atoms with E-state index in [9.17, 15) is 4.79 Å². The predicted octanol–water partition coefficient (Wildman–Crippen LogP) is 3.22. The number of carbonyl (C=O) groups is 1. The van der Waals surface area contributed by atoms with Gasteiger partial charge in [-0.25, -0.2) is 0 Å². The fourth-order valence-corrected chi connectivity index (χ4v) is 2.43. The maximum Gasteiger partial charge on any atom is 0.241 e. The second-order valence-corrected chi connectivity index (χ2v) is 6.16. The fourth-order valence-electron chi connectivity index (χ4n) is 2.43. The average molecular weight is 384 g/mol. The number of benzene rings is 2. The normalized spacial score (nSPS) is 11.2. The van der Waals surface area contributed by atoms with E-state index >= 15 is 0 Å². The quantitative estimate of drug-likeness (QED) is 0.804. The summed E-state index contributed by atoms with van der Waals surface area (Å²) in [5.41, 5.74) is 10.3. The van der Waals surface area contributed by atoms with Crippen molar-refractivity contribution in [2.75, 3.05) is 14.1 Å². The second-order valence-electron chi connectivity index (χ2n) is 6.16. The molecule has 138 valence electrons. The van der Waals surface area contributed by atoms with Gasteiger partial charge < -0.3 is 16.0 Å². The van der Waals surface area contributed by atoms with Crippen molar-refractivity contribution < 1.29 is 4.79 Å². The van der Waals surface area contributed by atoms with Crippen LogP contribution >= 0.6 is 24.8 Å². The summed E-state index contributed by atoms with van der Waals surface area (Å²) in [5.74, 6) is -0.160. The van der Waals surface area contributed by atoms with Gasteiger partial charge in [0.05, 0.1) is 0 Å². The molecule has 3 N–H and O–H groups in total. The first-order chi connectivity index (χ1) is 11.0. The first-order valence-corrected chi connectivity index (χ1v) is 7.78. The number of nitrogens with zero attached hydrogens (tertiary/aromatic N) is 1. The third kappa shape index (κ3) is 7.45. The molecule has 2 aromatic rings. The Bertz CT molecular complexity index is 660. The Hall–Kier alpha value is -1.59. The van der Waals surface area contributed by atoms with Crippen molar-refractivity contribution in [3.63, 3.8) is 0 Å². The van der Waals surface area contributed by atoms with Crippen LogP contribution in [0.3, 0.4) is 0 Å². The van der Waals surface area contributed by atoms with Gasteiger partial charge >= 0.3 is 0 Å². The van der Waals surface area contributed by atoms with E-state index in [0.29, 0.717) is 6.54 Å². The highest BCUT2D eigenvalue weighted by atomic mass is 35.5. The van der Waals surface area contributed by atoms with Crippen LogP contribution in [0.2, 0.25) is 0 Å². The highest BCUT2D eigenvalue weighted by molar-refractivity contribution is 5.85. The summed E-state index contributed by atoms with van der Waals surface area (Å²) in [5, 5.41) is 2.91. The minimum Gasteiger partial charge on any atom is -0.350 e. The van der Waals surface area contributed by atoms with Crippen LogP contribution in [0.1, 0.15) is 28.3 Å². The zero-order valence-corrected chi connectivity index (χ0v) is 16.5. The summed E-state index contributed by atoms with van der Waals surface area (Å²) in [6, 6.07) is 15.3. The van der Waals surface area contributed by atoms with E-state index in [-0.39, 0.29) is 30.7 Å². The Kier molecular flexibility index (Phi) is 10.4. The number of aryl methyl sites for hydroxylation is 1. The van der Waals surface area contributed by atoms with Crippen LogP contribution in [0, 0.1) is 6.92 Å². The molecule has 6 heteroatoms. The third-order valence-electron chi connectivity index (χ3n) is 3.68. The number of nitrogens with one attached hydrogen (secondary N) is 1. The minimum absolute atomic E-state index is 0. The summed E-state index contributed by atoms with van der Waals surface area (Å²) >= 11 is 0. The number of carbonyl (C=O) groups excluding carboxylic acids is 1. The zero-order chi connectivity index (χ0) is 16.8. The molecular weight excluding hydrogens is 357 g/mol. The molecule has 0 aliphatic heterocycles. The molecule has 0 aliphatic rings. The molecule has 0 saturated heterocycles. The highest BCUT2D eigenvalue weighted by Crippen LogP contribution is 2.12. The Balaban J connectivity index is 0.00000288. The summed E-state index contributed by atoms with van der Waals surface area (Å²) in [6.07, 6.45) is 0. The lowest BCUT2D eigenvalue weighted by molar-refractivity contribution is -0.122. The zero-order valence-electron chi connectivity index (χ0n) is 14.9. The first kappa shape index (κ1) is 23.4. The maximum atomic E-state index is 12.2. The Morgan fingerprint density at radius 2 is 1.68 bits per heavy atom. The van der Waals surface area contributed by atoms with Gasteiger partial charge in [0.15, 0.2) is 0 Å². The fraction of sp³-hybridized carbons (Fsp3) is 0.316. The topological polar surface area (TPSA) is 58.4 Å². The predicted molar refractivity (Wildman–Crippen MR) is 108 cm³/mol. The maximum absolute atomic E-state index is 12.2. The van der Waals surface area contributed by atoms with Crippen LogP contribution in [0.25, 0.3) is 0 Å². The van der Waals surface area contributed by atoms with Crippen molar-refractivity contribution in [3.8, 4) is 0 Å². The van der Waals surface area contributed by atoms with E-state index in [4.69, 9.17) is 5.73 Å². The van der Waals surface area contributed by atoms with Gasteiger partial charge in [-0.05, 0) is 37.7 Å². The lowest BCUT2D eigenvalue weighted by Crippen LogP contribution is -2.33. The van der Waals surface area contributed by atoms with Crippen LogP contribution in [-0.4, -0.2) is 24.9 Å². The van der Waals surface area contributed by atoms with Crippen molar-refractivity contribution in [1.29, 1.82) is 0 Å². The lowest BCUT2D eigenvalue weighted by atomic mass is 10.1. The van der Waals surface area contributed by atoms with E-state index in [1.54, 1.807) is 0 Å². The van der Waals surface area contributed by atoms with Gasteiger partial charge in [0.1, 0.15) is 6.04 Å². The van der Waals surface area contributed by atoms with Gasteiger partial charge in [0.2, 0.25) is 5.91 Å². The standard InChI is InChI=1S/C19H25N3O.2ClH/c1-14-7-9-17(10-8-14)18(20)19(23)21-12-15-5-4-6-16(11-15)13-22(2)3;;/h4-11,18H,12-13,20H2,1-3H3,(H,21,23);2*1H. The monoisotopic (exact) mass is 383 g/mol. The summed E-state index contributed by atoms with van der Waals surface area (Å²) < 4.78 is 0. The second kappa shape index (κ2) is 11.1. The Labute approximate surface area is 162 Å². The molecule has 25 heavy (non-hydrogen) atoms. The van der Waals surface area contributed by atoms with E-state index in [0.717, 1.165) is 23.2 Å². The van der Waals surface area contributed by atoms with Crippen molar-refractivity contribution >= 4 is 30.7 Å². The molecule has 1 atom stereocenters. The number of halogens is 2. The van der Waals surface area contributed by atoms with Gasteiger partial charge in [0, 0.05) is 13.1 Å². The molecule has 0 spiro atoms. The van der Waals surface area contributed by atoms with Crippen molar-refractivity contribution in [3.05, 3.63) is 70.8 Å². The highest BCUT2D eigenvalue weighted by Gasteiger charge is 2.15. The molecule has 2 rings (SSSR count). The van der Waals surface area contributed by atoms with Crippen LogP contribution < -0.4 is 11.1 Å². The average Bonchev–Trinajstić information content (AvgIpc) is 2.52. The van der Waals surface area contributed by atoms with Crippen molar-refractivity contribution in [2.45, 2.75) is 26.1 Å². The van der Waals surface area contributed by atoms with Gasteiger partial charge in [-0.1, -0.05) is 54.1 Å². The number of nitrogens with two attached hydrogens (primary N) is 1. The lowest BCUT2D eigenvalue weighted by Gasteiger charge is -2.14. The van der Waals surface area contributed by atoms with Crippen LogP contribution in [-0.2, 0) is 17.9 Å². The van der Waals surface area contributed by atoms with E-state index in [1.165, 1.54) is 5.56 Å². The molecule has 0 aromatic heterocycles. The Morgan fingerprint density at radius 1 is 1.08 bits per heavy atom. The Morgan fingerprint density at radius 3 is 2.28 bits per heavy atom. The number of rotatable bonds is 6. The van der Waals surface area contributed by atoms with Crippen LogP contribution in [0.4, 0.5) is 0 Å². The molecule has 2 aromatic carbocycles. The number of amides is 1. The van der Waals surface area contributed by atoms with Crippen molar-refractivity contribution in [2.24, 2.45) is 5.73 Å². The molecule has 1 unspecified atom stereocenters. The van der Waals surface area contributed by atoms with Gasteiger partial charge in [0.25, 0.3) is 0 Å². The molecule has 0 bridgehead atoms. The summed E-state index contributed by atoms with van der Waals surface area (Å²) in [7, 11) is 4.07. The molecule has 0 radical (unpaired) electrons. The van der Waals surface area contributed by atoms with Crippen molar-refractivity contribution in [1.82, 2.24) is 10.2 Å². The molecule has 0 saturated carbocycles. The van der Waals surface area contributed by atoms with E-state index < -0.39 is 6.04 Å².